The lowest BCUT2D eigenvalue weighted by atomic mass is 9.33. The number of carbonyl (C=O) groups is 1. The van der Waals surface area contributed by atoms with E-state index in [0.717, 1.165) is 31.3 Å². The van der Waals surface area contributed by atoms with Crippen LogP contribution in [0.1, 0.15) is 115 Å². The van der Waals surface area contributed by atoms with E-state index in [4.69, 9.17) is 0 Å². The average Bonchev–Trinajstić information content (AvgIpc) is 3.48. The summed E-state index contributed by atoms with van der Waals surface area (Å²) in [5.74, 6) is 1.99. The number of allylic oxidation sites excluding steroid dienone is 3. The smallest absolute Gasteiger partial charge is 0.335 e. The van der Waals surface area contributed by atoms with Gasteiger partial charge in [0.25, 0.3) is 0 Å². The second kappa shape index (κ2) is 14.1. The van der Waals surface area contributed by atoms with Crippen LogP contribution in [0.5, 0.6) is 0 Å². The van der Waals surface area contributed by atoms with Crippen LogP contribution in [0.4, 0.5) is 0 Å². The Morgan fingerprint density at radius 2 is 1.55 bits per heavy atom. The van der Waals surface area contributed by atoms with Crippen LogP contribution in [0.25, 0.3) is 5.57 Å². The minimum atomic E-state index is -3.82. The molecule has 7 rings (SSSR count). The van der Waals surface area contributed by atoms with Gasteiger partial charge in [-0.25, -0.2) is 21.6 Å². The van der Waals surface area contributed by atoms with E-state index in [1.54, 1.807) is 12.1 Å². The molecule has 55 heavy (non-hydrogen) atoms. The van der Waals surface area contributed by atoms with Crippen LogP contribution in [0, 0.1) is 51.2 Å². The van der Waals surface area contributed by atoms with Crippen LogP contribution in [0.3, 0.4) is 0 Å². The predicted molar refractivity (Wildman–Crippen MR) is 221 cm³/mol. The standard InChI is InChI=1S/C44H67N3O6S2/c1-30(2)33-15-20-44(45-23-24-46-25-27-47(28-26-46)55(52,53)29-54(8,50)51)22-21-42(6)35(38(33)44)13-14-37-41(5)18-16-34(31-9-11-32(12-10-31)39(48)49)40(3,4)36(41)17-19-43(37,42)7/h9-12,16,33,35-38,45H,1,13-15,17-29H2,2-8H3,(H,48,49)/t33-,35+,36-,37+,38+,41-,42+,43+,44-/m0/s1. The molecule has 9 atom stereocenters. The molecule has 0 amide bonds. The Bertz CT molecular complexity index is 1940. The normalized spacial score (nSPS) is 39.3. The summed E-state index contributed by atoms with van der Waals surface area (Å²) in [5, 5.41) is 12.9. The first-order valence-corrected chi connectivity index (χ1v) is 24.6. The Labute approximate surface area is 331 Å². The summed E-state index contributed by atoms with van der Waals surface area (Å²) < 4.78 is 50.2. The number of carboxylic acid groups (broad SMARTS) is 1. The SMILES string of the molecule is C=C(C)[C@@H]1CC[C@]2(NCCN3CCN(S(=O)(=O)CS(C)(=O)=O)CC3)CC[C@]3(C)[C@H](CC[C@@H]4[C@@]5(C)CC=C(c6ccc(C(=O)O)cc6)C(C)(C)[C@@H]5CC[C@]43C)[C@@H]12. The highest BCUT2D eigenvalue weighted by Gasteiger charge is 2.70. The van der Waals surface area contributed by atoms with Gasteiger partial charge in [-0.05, 0) is 139 Å². The number of sulfone groups is 1. The summed E-state index contributed by atoms with van der Waals surface area (Å²) in [6, 6.07) is 7.53. The minimum Gasteiger partial charge on any atom is -0.478 e. The van der Waals surface area contributed by atoms with E-state index in [-0.39, 0.29) is 27.2 Å². The third-order valence-corrected chi connectivity index (χ3v) is 21.1. The summed E-state index contributed by atoms with van der Waals surface area (Å²) in [6.45, 7) is 23.3. The Balaban J connectivity index is 1.08. The summed E-state index contributed by atoms with van der Waals surface area (Å²) in [6.07, 6.45) is 14.3. The van der Waals surface area contributed by atoms with Crippen molar-refractivity contribution in [3.05, 3.63) is 53.6 Å². The molecule has 4 saturated carbocycles. The largest absolute Gasteiger partial charge is 0.478 e. The van der Waals surface area contributed by atoms with Gasteiger partial charge in [0, 0.05) is 51.1 Å². The molecule has 1 saturated heterocycles. The van der Waals surface area contributed by atoms with E-state index in [9.17, 15) is 26.7 Å². The van der Waals surface area contributed by atoms with Gasteiger partial charge >= 0.3 is 5.97 Å². The van der Waals surface area contributed by atoms with Crippen LogP contribution in [0.2, 0.25) is 0 Å². The first kappa shape index (κ1) is 41.1. The van der Waals surface area contributed by atoms with Gasteiger partial charge in [0.15, 0.2) is 14.9 Å². The van der Waals surface area contributed by atoms with Crippen LogP contribution in [-0.2, 0) is 19.9 Å². The molecule has 0 spiro atoms. The van der Waals surface area contributed by atoms with Crippen LogP contribution >= 0.6 is 0 Å². The van der Waals surface area contributed by atoms with Crippen molar-refractivity contribution in [3.63, 3.8) is 0 Å². The molecule has 11 heteroatoms. The van der Waals surface area contributed by atoms with Crippen molar-refractivity contribution in [2.45, 2.75) is 105 Å². The third-order valence-electron chi connectivity index (χ3n) is 17.1. The maximum atomic E-state index is 12.7. The second-order valence-corrected chi connectivity index (χ2v) is 24.6. The fraction of sp³-hybridized carbons (Fsp3) is 0.750. The number of hydrogen-bond donors (Lipinski definition) is 2. The van der Waals surface area contributed by atoms with Gasteiger partial charge in [-0.2, -0.15) is 4.31 Å². The number of nitrogens with zero attached hydrogens (tertiary/aromatic N) is 2. The van der Waals surface area contributed by atoms with E-state index in [1.807, 2.05) is 12.1 Å². The summed E-state index contributed by atoms with van der Waals surface area (Å²) >= 11 is 0. The number of nitrogens with one attached hydrogen (secondary N) is 1. The van der Waals surface area contributed by atoms with E-state index in [1.165, 1.54) is 66.8 Å². The first-order valence-electron chi connectivity index (χ1n) is 20.9. The highest BCUT2D eigenvalue weighted by molar-refractivity contribution is 8.06. The number of aromatic carboxylic acids is 1. The molecular weight excluding hydrogens is 731 g/mol. The van der Waals surface area contributed by atoms with E-state index in [0.29, 0.717) is 61.3 Å². The van der Waals surface area contributed by atoms with Gasteiger partial charge in [-0.15, -0.1) is 0 Å². The molecule has 6 aliphatic rings. The van der Waals surface area contributed by atoms with Crippen molar-refractivity contribution in [1.82, 2.24) is 14.5 Å². The molecule has 1 heterocycles. The van der Waals surface area contributed by atoms with E-state index < -0.39 is 30.9 Å². The van der Waals surface area contributed by atoms with E-state index in [2.05, 4.69) is 64.4 Å². The zero-order valence-corrected chi connectivity index (χ0v) is 36.1. The Morgan fingerprint density at radius 1 is 0.873 bits per heavy atom. The van der Waals surface area contributed by atoms with Gasteiger partial charge in [-0.3, -0.25) is 4.90 Å². The molecule has 1 aromatic carbocycles. The highest BCUT2D eigenvalue weighted by Crippen LogP contribution is 2.76. The number of rotatable bonds is 10. The van der Waals surface area contributed by atoms with Crippen molar-refractivity contribution >= 4 is 31.4 Å². The van der Waals surface area contributed by atoms with Crippen LogP contribution in [0.15, 0.2) is 42.5 Å². The minimum absolute atomic E-state index is 0.0178. The van der Waals surface area contributed by atoms with Crippen molar-refractivity contribution in [1.29, 1.82) is 0 Å². The molecule has 0 bridgehead atoms. The number of sulfonamides is 1. The number of benzene rings is 1. The fourth-order valence-electron chi connectivity index (χ4n) is 14.4. The molecule has 5 aliphatic carbocycles. The van der Waals surface area contributed by atoms with Crippen molar-refractivity contribution < 1.29 is 26.7 Å². The molecule has 306 valence electrons. The molecule has 9 nitrogen and oxygen atoms in total. The van der Waals surface area contributed by atoms with Crippen molar-refractivity contribution in [2.75, 3.05) is 50.6 Å². The van der Waals surface area contributed by atoms with Gasteiger partial charge in [-0.1, -0.05) is 65.0 Å². The lowest BCUT2D eigenvalue weighted by Crippen LogP contribution is -2.68. The molecule has 1 aliphatic heterocycles. The summed E-state index contributed by atoms with van der Waals surface area (Å²) in [5.41, 5.74) is 4.92. The van der Waals surface area contributed by atoms with Crippen LogP contribution in [-0.4, -0.2) is 93.3 Å². The van der Waals surface area contributed by atoms with Gasteiger partial charge in [0.05, 0.1) is 5.56 Å². The molecule has 1 aromatic rings. The first-order chi connectivity index (χ1) is 25.6. The quantitative estimate of drug-likeness (QED) is 0.236. The molecule has 0 unspecified atom stereocenters. The Morgan fingerprint density at radius 3 is 2.16 bits per heavy atom. The van der Waals surface area contributed by atoms with Crippen molar-refractivity contribution in [3.8, 4) is 0 Å². The number of carboxylic acids is 1. The van der Waals surface area contributed by atoms with Gasteiger partial charge < -0.3 is 10.4 Å². The van der Waals surface area contributed by atoms with E-state index >= 15 is 0 Å². The Kier molecular flexibility index (Phi) is 10.5. The van der Waals surface area contributed by atoms with Gasteiger partial charge in [0.1, 0.15) is 0 Å². The summed E-state index contributed by atoms with van der Waals surface area (Å²) in [7, 11) is -7.44. The third kappa shape index (κ3) is 6.81. The number of hydrogen-bond acceptors (Lipinski definition) is 7. The zero-order valence-electron chi connectivity index (χ0n) is 34.5. The molecular formula is C44H67N3O6S2. The van der Waals surface area contributed by atoms with Gasteiger partial charge in [0.2, 0.25) is 10.0 Å². The topological polar surface area (TPSA) is 124 Å². The average molecular weight is 798 g/mol. The molecule has 5 fully saturated rings. The monoisotopic (exact) mass is 797 g/mol. The zero-order chi connectivity index (χ0) is 40.0. The maximum absolute atomic E-state index is 12.7. The lowest BCUT2D eigenvalue weighted by Gasteiger charge is -2.72. The highest BCUT2D eigenvalue weighted by atomic mass is 32.3. The lowest BCUT2D eigenvalue weighted by molar-refractivity contribution is -0.219. The predicted octanol–water partition coefficient (Wildman–Crippen LogP) is 7.33. The number of fused-ring (bicyclic) bond motifs is 7. The maximum Gasteiger partial charge on any atom is 0.335 e. The molecule has 2 N–H and O–H groups in total. The van der Waals surface area contributed by atoms with Crippen LogP contribution < -0.4 is 5.32 Å². The van der Waals surface area contributed by atoms with Crippen molar-refractivity contribution in [2.24, 2.45) is 51.2 Å². The molecule has 0 aromatic heterocycles. The fourth-order valence-corrected chi connectivity index (χ4v) is 17.9. The molecule has 0 radical (unpaired) electrons. The number of piperazine rings is 1. The second-order valence-electron chi connectivity index (χ2n) is 20.1. The Hall–Kier alpha value is -2.05. The summed E-state index contributed by atoms with van der Waals surface area (Å²) in [4.78, 5) is 13.9.